The Hall–Kier alpha value is -2.01. The van der Waals surface area contributed by atoms with Crippen molar-refractivity contribution in [1.29, 1.82) is 0 Å². The Bertz CT molecular complexity index is 677. The van der Waals surface area contributed by atoms with Crippen molar-refractivity contribution in [3.05, 3.63) is 48.2 Å². The van der Waals surface area contributed by atoms with E-state index in [9.17, 15) is 4.79 Å². The van der Waals surface area contributed by atoms with Crippen LogP contribution in [0, 0.1) is 0 Å². The lowest BCUT2D eigenvalue weighted by atomic mass is 10.1. The predicted octanol–water partition coefficient (Wildman–Crippen LogP) is 3.44. The van der Waals surface area contributed by atoms with Crippen molar-refractivity contribution in [3.63, 3.8) is 0 Å². The Labute approximate surface area is 147 Å². The zero-order chi connectivity index (χ0) is 16.9. The van der Waals surface area contributed by atoms with E-state index in [4.69, 9.17) is 0 Å². The molecule has 1 amide bonds. The van der Waals surface area contributed by atoms with Gasteiger partial charge in [0.1, 0.15) is 5.82 Å². The van der Waals surface area contributed by atoms with Crippen molar-refractivity contribution >= 4 is 23.5 Å². The standard InChI is InChI=1S/C19H23N3OS/c1-14(2)21-19(23)16-5-3-15(4-6-16)17-7-8-18(20-13-17)22-9-11-24-12-10-22/h3-8,13-14H,9-12H2,1-2H3,(H,21,23). The van der Waals surface area contributed by atoms with Crippen LogP contribution in [0.3, 0.4) is 0 Å². The lowest BCUT2D eigenvalue weighted by Gasteiger charge is -2.27. The average molecular weight is 341 g/mol. The first-order valence-electron chi connectivity index (χ1n) is 8.33. The fraction of sp³-hybridized carbons (Fsp3) is 0.368. The molecule has 2 aromatic rings. The van der Waals surface area contributed by atoms with Gasteiger partial charge < -0.3 is 10.2 Å². The third-order valence-electron chi connectivity index (χ3n) is 3.98. The number of amides is 1. The second kappa shape index (κ2) is 7.71. The molecule has 126 valence electrons. The third-order valence-corrected chi connectivity index (χ3v) is 4.93. The van der Waals surface area contributed by atoms with Crippen molar-refractivity contribution in [3.8, 4) is 11.1 Å². The Morgan fingerprint density at radius 2 is 1.75 bits per heavy atom. The number of carbonyl (C=O) groups excluding carboxylic acids is 1. The SMILES string of the molecule is CC(C)NC(=O)c1ccc(-c2ccc(N3CCSCC3)nc2)cc1. The summed E-state index contributed by atoms with van der Waals surface area (Å²) in [6, 6.07) is 12.0. The summed E-state index contributed by atoms with van der Waals surface area (Å²) < 4.78 is 0. The lowest BCUT2D eigenvalue weighted by molar-refractivity contribution is 0.0943. The van der Waals surface area contributed by atoms with Crippen LogP contribution in [0.25, 0.3) is 11.1 Å². The zero-order valence-electron chi connectivity index (χ0n) is 14.2. The summed E-state index contributed by atoms with van der Waals surface area (Å²) >= 11 is 2.00. The number of nitrogens with zero attached hydrogens (tertiary/aromatic N) is 2. The van der Waals surface area contributed by atoms with Crippen LogP contribution in [0.15, 0.2) is 42.6 Å². The Morgan fingerprint density at radius 3 is 2.33 bits per heavy atom. The zero-order valence-corrected chi connectivity index (χ0v) is 15.0. The molecule has 1 saturated heterocycles. The first-order chi connectivity index (χ1) is 11.6. The molecular weight excluding hydrogens is 318 g/mol. The maximum absolute atomic E-state index is 12.0. The van der Waals surface area contributed by atoms with Gasteiger partial charge >= 0.3 is 0 Å². The van der Waals surface area contributed by atoms with Crippen LogP contribution in [0.2, 0.25) is 0 Å². The molecule has 5 heteroatoms. The first kappa shape index (κ1) is 16.8. The summed E-state index contributed by atoms with van der Waals surface area (Å²) in [6.07, 6.45) is 1.92. The smallest absolute Gasteiger partial charge is 0.251 e. The fourth-order valence-electron chi connectivity index (χ4n) is 2.70. The number of hydrogen-bond donors (Lipinski definition) is 1. The highest BCUT2D eigenvalue weighted by Gasteiger charge is 2.12. The highest BCUT2D eigenvalue weighted by molar-refractivity contribution is 7.99. The van der Waals surface area contributed by atoms with E-state index in [1.54, 1.807) is 0 Å². The van der Waals surface area contributed by atoms with Crippen LogP contribution in [0.1, 0.15) is 24.2 Å². The number of hydrogen-bond acceptors (Lipinski definition) is 4. The molecule has 1 fully saturated rings. The van der Waals surface area contributed by atoms with Gasteiger partial charge in [0, 0.05) is 48.0 Å². The molecule has 24 heavy (non-hydrogen) atoms. The molecule has 0 saturated carbocycles. The van der Waals surface area contributed by atoms with E-state index < -0.39 is 0 Å². The van der Waals surface area contributed by atoms with Crippen LogP contribution < -0.4 is 10.2 Å². The van der Waals surface area contributed by atoms with Crippen LogP contribution in [-0.2, 0) is 0 Å². The number of pyridine rings is 1. The van der Waals surface area contributed by atoms with E-state index in [1.807, 2.05) is 56.1 Å². The van der Waals surface area contributed by atoms with E-state index in [2.05, 4.69) is 27.3 Å². The highest BCUT2D eigenvalue weighted by atomic mass is 32.2. The van der Waals surface area contributed by atoms with Crippen LogP contribution in [0.4, 0.5) is 5.82 Å². The molecule has 0 atom stereocenters. The number of benzene rings is 1. The van der Waals surface area contributed by atoms with Gasteiger partial charge in [0.05, 0.1) is 0 Å². The minimum Gasteiger partial charge on any atom is -0.355 e. The average Bonchev–Trinajstić information content (AvgIpc) is 2.62. The topological polar surface area (TPSA) is 45.2 Å². The van der Waals surface area contributed by atoms with Crippen molar-refractivity contribution in [2.75, 3.05) is 29.5 Å². The molecular formula is C19H23N3OS. The Balaban J connectivity index is 1.71. The second-order valence-corrected chi connectivity index (χ2v) is 7.43. The highest BCUT2D eigenvalue weighted by Crippen LogP contribution is 2.23. The van der Waals surface area contributed by atoms with Crippen molar-refractivity contribution in [1.82, 2.24) is 10.3 Å². The van der Waals surface area contributed by atoms with Crippen LogP contribution >= 0.6 is 11.8 Å². The number of anilines is 1. The molecule has 0 spiro atoms. The fourth-order valence-corrected chi connectivity index (χ4v) is 3.60. The lowest BCUT2D eigenvalue weighted by Crippen LogP contribution is -2.32. The monoisotopic (exact) mass is 341 g/mol. The maximum atomic E-state index is 12.0. The van der Waals surface area contributed by atoms with Gasteiger partial charge in [0.25, 0.3) is 5.91 Å². The van der Waals surface area contributed by atoms with E-state index in [1.165, 1.54) is 11.5 Å². The van der Waals surface area contributed by atoms with Gasteiger partial charge in [-0.3, -0.25) is 4.79 Å². The minimum atomic E-state index is -0.0343. The molecule has 4 nitrogen and oxygen atoms in total. The molecule has 2 heterocycles. The summed E-state index contributed by atoms with van der Waals surface area (Å²) in [5, 5.41) is 2.90. The molecule has 1 aromatic heterocycles. The first-order valence-corrected chi connectivity index (χ1v) is 9.49. The summed E-state index contributed by atoms with van der Waals surface area (Å²) in [4.78, 5) is 18.9. The molecule has 0 aliphatic carbocycles. The predicted molar refractivity (Wildman–Crippen MR) is 102 cm³/mol. The second-order valence-electron chi connectivity index (χ2n) is 6.21. The summed E-state index contributed by atoms with van der Waals surface area (Å²) in [5.41, 5.74) is 2.83. The van der Waals surface area contributed by atoms with E-state index in [0.29, 0.717) is 5.56 Å². The number of carbonyl (C=O) groups is 1. The van der Waals surface area contributed by atoms with Gasteiger partial charge in [0.15, 0.2) is 0 Å². The molecule has 1 aliphatic rings. The molecule has 1 aromatic carbocycles. The van der Waals surface area contributed by atoms with Crippen LogP contribution in [-0.4, -0.2) is 41.5 Å². The van der Waals surface area contributed by atoms with Gasteiger partial charge in [-0.1, -0.05) is 12.1 Å². The quantitative estimate of drug-likeness (QED) is 0.925. The number of nitrogens with one attached hydrogen (secondary N) is 1. The molecule has 0 unspecified atom stereocenters. The maximum Gasteiger partial charge on any atom is 0.251 e. The van der Waals surface area contributed by atoms with Crippen molar-refractivity contribution < 1.29 is 4.79 Å². The van der Waals surface area contributed by atoms with Gasteiger partial charge in [0.2, 0.25) is 0 Å². The molecule has 1 aliphatic heterocycles. The molecule has 3 rings (SSSR count). The summed E-state index contributed by atoms with van der Waals surface area (Å²) in [7, 11) is 0. The molecule has 0 radical (unpaired) electrons. The van der Waals surface area contributed by atoms with Gasteiger partial charge in [-0.2, -0.15) is 11.8 Å². The minimum absolute atomic E-state index is 0.0343. The molecule has 1 N–H and O–H groups in total. The summed E-state index contributed by atoms with van der Waals surface area (Å²) in [6.45, 7) is 6.05. The van der Waals surface area contributed by atoms with E-state index >= 15 is 0 Å². The molecule has 0 bridgehead atoms. The normalized spacial score (nSPS) is 14.7. The van der Waals surface area contributed by atoms with Gasteiger partial charge in [-0.15, -0.1) is 0 Å². The summed E-state index contributed by atoms with van der Waals surface area (Å²) in [5.74, 6) is 3.35. The van der Waals surface area contributed by atoms with E-state index in [0.717, 1.165) is 30.0 Å². The third kappa shape index (κ3) is 4.09. The van der Waals surface area contributed by atoms with Gasteiger partial charge in [-0.05, 0) is 43.7 Å². The number of thioether (sulfide) groups is 1. The van der Waals surface area contributed by atoms with Crippen molar-refractivity contribution in [2.45, 2.75) is 19.9 Å². The largest absolute Gasteiger partial charge is 0.355 e. The van der Waals surface area contributed by atoms with Gasteiger partial charge in [-0.25, -0.2) is 4.98 Å². The van der Waals surface area contributed by atoms with Crippen LogP contribution in [0.5, 0.6) is 0 Å². The van der Waals surface area contributed by atoms with E-state index in [-0.39, 0.29) is 11.9 Å². The van der Waals surface area contributed by atoms with Crippen molar-refractivity contribution in [2.24, 2.45) is 0 Å². The Morgan fingerprint density at radius 1 is 1.08 bits per heavy atom. The number of rotatable bonds is 4. The number of aromatic nitrogens is 1. The Kier molecular flexibility index (Phi) is 5.41.